The maximum atomic E-state index is 13.4. The zero-order valence-electron chi connectivity index (χ0n) is 15.0. The third kappa shape index (κ3) is 3.09. The third-order valence-corrected chi connectivity index (χ3v) is 5.08. The summed E-state index contributed by atoms with van der Waals surface area (Å²) in [5.41, 5.74) is 1.00. The highest BCUT2D eigenvalue weighted by Gasteiger charge is 2.53. The minimum atomic E-state index is -1.19. The Morgan fingerprint density at radius 2 is 1.85 bits per heavy atom. The lowest BCUT2D eigenvalue weighted by Gasteiger charge is -2.35. The van der Waals surface area contributed by atoms with E-state index < -0.39 is 11.5 Å². The van der Waals surface area contributed by atoms with Crippen molar-refractivity contribution < 1.29 is 14.3 Å². The molecule has 2 unspecified atom stereocenters. The summed E-state index contributed by atoms with van der Waals surface area (Å²) in [5.74, 6) is -1.52. The molecule has 5 heteroatoms. The highest BCUT2D eigenvalue weighted by atomic mass is 19.1. The van der Waals surface area contributed by atoms with E-state index in [9.17, 15) is 14.3 Å². The molecule has 0 spiro atoms. The molecule has 0 aliphatic carbocycles. The third-order valence-electron chi connectivity index (χ3n) is 5.08. The fourth-order valence-electron chi connectivity index (χ4n) is 3.54. The molecule has 1 heterocycles. The van der Waals surface area contributed by atoms with Crippen molar-refractivity contribution in [1.82, 2.24) is 0 Å². The number of hydrogen-bond donors (Lipinski definition) is 1. The molecule has 4 nitrogen and oxygen atoms in total. The number of nitrogens with zero attached hydrogens (tertiary/aromatic N) is 2. The van der Waals surface area contributed by atoms with Crippen molar-refractivity contribution in [2.24, 2.45) is 11.0 Å². The van der Waals surface area contributed by atoms with Gasteiger partial charge in [-0.25, -0.2) is 14.2 Å². The summed E-state index contributed by atoms with van der Waals surface area (Å²) in [6.45, 7) is 3.80. The predicted octanol–water partition coefficient (Wildman–Crippen LogP) is 4.70. The molecule has 2 aromatic carbocycles. The molecular formula is C21H23FN2O2. The molecule has 3 rings (SSSR count). The van der Waals surface area contributed by atoms with Gasteiger partial charge in [-0.2, -0.15) is 5.10 Å². The van der Waals surface area contributed by atoms with Gasteiger partial charge >= 0.3 is 5.97 Å². The van der Waals surface area contributed by atoms with Crippen LogP contribution in [0.2, 0.25) is 0 Å². The van der Waals surface area contributed by atoms with Crippen LogP contribution >= 0.6 is 0 Å². The van der Waals surface area contributed by atoms with Gasteiger partial charge in [0.2, 0.25) is 0 Å². The fraction of sp³-hybridized carbons (Fsp3) is 0.333. The number of carboxylic acid groups (broad SMARTS) is 1. The Kier molecular flexibility index (Phi) is 5.07. The minimum Gasteiger partial charge on any atom is -0.479 e. The zero-order chi connectivity index (χ0) is 18.7. The maximum Gasteiger partial charge on any atom is 0.332 e. The van der Waals surface area contributed by atoms with Crippen LogP contribution in [-0.2, 0) is 4.79 Å². The van der Waals surface area contributed by atoms with E-state index in [1.807, 2.05) is 30.3 Å². The smallest absolute Gasteiger partial charge is 0.332 e. The number of carboxylic acids is 1. The number of hydrazone groups is 1. The van der Waals surface area contributed by atoms with Crippen LogP contribution in [0.5, 0.6) is 0 Å². The van der Waals surface area contributed by atoms with Crippen LogP contribution in [0.4, 0.5) is 10.1 Å². The normalized spacial score (nSPS) is 22.3. The molecule has 0 bridgehead atoms. The molecule has 0 fully saturated rings. The Labute approximate surface area is 153 Å². The lowest BCUT2D eigenvalue weighted by molar-refractivity contribution is -0.143. The largest absolute Gasteiger partial charge is 0.479 e. The fourth-order valence-corrected chi connectivity index (χ4v) is 3.54. The van der Waals surface area contributed by atoms with Gasteiger partial charge in [0.1, 0.15) is 5.82 Å². The summed E-state index contributed by atoms with van der Waals surface area (Å²) >= 11 is 0. The molecule has 1 aliphatic heterocycles. The molecule has 1 aliphatic rings. The molecule has 1 N–H and O–H groups in total. The molecular weight excluding hydrogens is 331 g/mol. The van der Waals surface area contributed by atoms with Crippen LogP contribution in [0.1, 0.15) is 38.7 Å². The van der Waals surface area contributed by atoms with Gasteiger partial charge in [-0.15, -0.1) is 0 Å². The topological polar surface area (TPSA) is 52.9 Å². The summed E-state index contributed by atoms with van der Waals surface area (Å²) in [4.78, 5) is 12.3. The standard InChI is InChI=1S/C21H23FN2O2/c1-3-4-10-18-19(15-11-13-16(22)14-12-15)23-24(21(18,2)20(25)26)17-8-6-5-7-9-17/h5-9,11-14,18H,3-4,10H2,1-2H3,(H,25,26). The first-order valence-electron chi connectivity index (χ1n) is 8.91. The van der Waals surface area contributed by atoms with Gasteiger partial charge in [-0.05, 0) is 43.2 Å². The number of halogens is 1. The molecule has 0 saturated heterocycles. The van der Waals surface area contributed by atoms with Crippen molar-refractivity contribution >= 4 is 17.4 Å². The van der Waals surface area contributed by atoms with Crippen molar-refractivity contribution in [2.45, 2.75) is 38.6 Å². The second-order valence-electron chi connectivity index (χ2n) is 6.79. The molecule has 0 aromatic heterocycles. The highest BCUT2D eigenvalue weighted by molar-refractivity contribution is 6.09. The van der Waals surface area contributed by atoms with Gasteiger partial charge in [-0.3, -0.25) is 0 Å². The number of rotatable bonds is 6. The first-order valence-corrected chi connectivity index (χ1v) is 8.91. The molecule has 0 amide bonds. The molecule has 0 saturated carbocycles. The van der Waals surface area contributed by atoms with Crippen LogP contribution in [0.25, 0.3) is 0 Å². The van der Waals surface area contributed by atoms with Gasteiger partial charge in [0.15, 0.2) is 5.54 Å². The number of hydrogen-bond acceptors (Lipinski definition) is 3. The van der Waals surface area contributed by atoms with Gasteiger partial charge in [0, 0.05) is 5.92 Å². The summed E-state index contributed by atoms with van der Waals surface area (Å²) in [6.07, 6.45) is 2.57. The molecule has 26 heavy (non-hydrogen) atoms. The van der Waals surface area contributed by atoms with Gasteiger partial charge in [0.25, 0.3) is 0 Å². The lowest BCUT2D eigenvalue weighted by Crippen LogP contribution is -2.53. The van der Waals surface area contributed by atoms with E-state index in [1.165, 1.54) is 12.1 Å². The summed E-state index contributed by atoms with van der Waals surface area (Å²) in [7, 11) is 0. The Morgan fingerprint density at radius 3 is 2.42 bits per heavy atom. The lowest BCUT2D eigenvalue weighted by atomic mass is 9.77. The Morgan fingerprint density at radius 1 is 1.19 bits per heavy atom. The van der Waals surface area contributed by atoms with Crippen molar-refractivity contribution in [3.63, 3.8) is 0 Å². The van der Waals surface area contributed by atoms with E-state index in [0.717, 1.165) is 24.1 Å². The van der Waals surface area contributed by atoms with Crippen molar-refractivity contribution in [2.75, 3.05) is 5.01 Å². The first kappa shape index (κ1) is 18.1. The summed E-state index contributed by atoms with van der Waals surface area (Å²) < 4.78 is 13.4. The van der Waals surface area contributed by atoms with E-state index in [0.29, 0.717) is 12.1 Å². The average molecular weight is 354 g/mol. The van der Waals surface area contributed by atoms with E-state index in [-0.39, 0.29) is 11.7 Å². The van der Waals surface area contributed by atoms with Crippen LogP contribution in [0, 0.1) is 11.7 Å². The van der Waals surface area contributed by atoms with E-state index in [2.05, 4.69) is 6.92 Å². The first-order chi connectivity index (χ1) is 12.5. The van der Waals surface area contributed by atoms with E-state index in [1.54, 1.807) is 24.1 Å². The number of aliphatic carboxylic acids is 1. The number of carbonyl (C=O) groups is 1. The molecule has 136 valence electrons. The SMILES string of the molecule is CCCCC1C(c2ccc(F)cc2)=NN(c2ccccc2)C1(C)C(=O)O. The highest BCUT2D eigenvalue weighted by Crippen LogP contribution is 2.41. The average Bonchev–Trinajstić information content (AvgIpc) is 2.95. The monoisotopic (exact) mass is 354 g/mol. The summed E-state index contributed by atoms with van der Waals surface area (Å²) in [5, 5.41) is 16.4. The molecule has 2 aromatic rings. The Bertz CT molecular complexity index is 805. The van der Waals surface area contributed by atoms with Crippen LogP contribution in [0.15, 0.2) is 59.7 Å². The van der Waals surface area contributed by atoms with Crippen LogP contribution in [0.3, 0.4) is 0 Å². The van der Waals surface area contributed by atoms with E-state index >= 15 is 0 Å². The Hall–Kier alpha value is -2.69. The minimum absolute atomic E-state index is 0.286. The van der Waals surface area contributed by atoms with Gasteiger partial charge in [-0.1, -0.05) is 50.1 Å². The zero-order valence-corrected chi connectivity index (χ0v) is 15.0. The van der Waals surface area contributed by atoms with Crippen molar-refractivity contribution in [3.05, 3.63) is 66.0 Å². The summed E-state index contributed by atoms with van der Waals surface area (Å²) in [6, 6.07) is 15.4. The van der Waals surface area contributed by atoms with Gasteiger partial charge < -0.3 is 5.11 Å². The Balaban J connectivity index is 2.12. The quantitative estimate of drug-likeness (QED) is 0.818. The number of unbranched alkanes of at least 4 members (excludes halogenated alkanes) is 1. The van der Waals surface area contributed by atoms with Gasteiger partial charge in [0.05, 0.1) is 11.4 Å². The van der Waals surface area contributed by atoms with E-state index in [4.69, 9.17) is 5.10 Å². The maximum absolute atomic E-state index is 13.4. The number of benzene rings is 2. The van der Waals surface area contributed by atoms with Crippen molar-refractivity contribution in [1.29, 1.82) is 0 Å². The van der Waals surface area contributed by atoms with Crippen molar-refractivity contribution in [3.8, 4) is 0 Å². The van der Waals surface area contributed by atoms with Crippen LogP contribution in [-0.4, -0.2) is 22.3 Å². The molecule has 0 radical (unpaired) electrons. The number of para-hydroxylation sites is 1. The predicted molar refractivity (Wildman–Crippen MR) is 101 cm³/mol. The van der Waals surface area contributed by atoms with Crippen LogP contribution < -0.4 is 5.01 Å². The molecule has 2 atom stereocenters. The number of anilines is 1. The second kappa shape index (κ2) is 7.28. The second-order valence-corrected chi connectivity index (χ2v) is 6.79.